The van der Waals surface area contributed by atoms with Crippen molar-refractivity contribution in [1.29, 1.82) is 0 Å². The molecule has 3 aromatic rings. The number of aromatic nitrogens is 4. The highest BCUT2D eigenvalue weighted by atomic mass is 35.5. The van der Waals surface area contributed by atoms with Gasteiger partial charge in [0.25, 0.3) is 5.88 Å². The van der Waals surface area contributed by atoms with Crippen molar-refractivity contribution in [2.45, 2.75) is 19.7 Å². The Hall–Kier alpha value is -2.81. The Morgan fingerprint density at radius 2 is 1.82 bits per heavy atom. The molecule has 0 radical (unpaired) electrons. The summed E-state index contributed by atoms with van der Waals surface area (Å²) in [6.07, 6.45) is -2.10. The van der Waals surface area contributed by atoms with E-state index >= 15 is 0 Å². The highest BCUT2D eigenvalue weighted by molar-refractivity contribution is 6.28. The van der Waals surface area contributed by atoms with Crippen LogP contribution in [0.2, 0.25) is 5.28 Å². The van der Waals surface area contributed by atoms with Crippen LogP contribution in [0.4, 0.5) is 13.2 Å². The predicted octanol–water partition coefficient (Wildman–Crippen LogP) is 4.53. The fourth-order valence-electron chi connectivity index (χ4n) is 2.47. The van der Waals surface area contributed by atoms with Crippen molar-refractivity contribution < 1.29 is 22.6 Å². The lowest BCUT2D eigenvalue weighted by atomic mass is 10.1. The van der Waals surface area contributed by atoms with Crippen LogP contribution in [0.5, 0.6) is 11.6 Å². The second kappa shape index (κ2) is 8.05. The Morgan fingerprint density at radius 1 is 1.11 bits per heavy atom. The zero-order chi connectivity index (χ0) is 20.3. The lowest BCUT2D eigenvalue weighted by molar-refractivity contribution is -0.140. The number of imidazole rings is 1. The second-order valence-corrected chi connectivity index (χ2v) is 6.12. The second-order valence-electron chi connectivity index (χ2n) is 5.79. The van der Waals surface area contributed by atoms with Gasteiger partial charge in [0.2, 0.25) is 5.28 Å². The minimum Gasteiger partial charge on any atom is -0.487 e. The molecule has 0 aliphatic carbocycles. The van der Waals surface area contributed by atoms with Gasteiger partial charge in [0, 0.05) is 18.8 Å². The molecule has 148 valence electrons. The summed E-state index contributed by atoms with van der Waals surface area (Å²) < 4.78 is 50.8. The van der Waals surface area contributed by atoms with E-state index < -0.39 is 11.9 Å². The number of hydrogen-bond acceptors (Lipinski definition) is 5. The average molecular weight is 413 g/mol. The molecule has 10 heteroatoms. The minimum absolute atomic E-state index is 0.0315. The zero-order valence-corrected chi connectivity index (χ0v) is 15.8. The number of benzene rings is 1. The highest BCUT2D eigenvalue weighted by Crippen LogP contribution is 2.31. The highest BCUT2D eigenvalue weighted by Gasteiger charge is 2.34. The van der Waals surface area contributed by atoms with E-state index in [1.807, 2.05) is 6.92 Å². The SMILES string of the molecule is CCOc1cnc(Cl)nc1OCc1ccc(-c2nc(C(F)(F)F)cn2C)cc1. The van der Waals surface area contributed by atoms with Crippen molar-refractivity contribution in [3.63, 3.8) is 0 Å². The average Bonchev–Trinajstić information content (AvgIpc) is 3.05. The van der Waals surface area contributed by atoms with E-state index in [2.05, 4.69) is 15.0 Å². The summed E-state index contributed by atoms with van der Waals surface area (Å²) >= 11 is 5.79. The lowest BCUT2D eigenvalue weighted by Crippen LogP contribution is -2.04. The van der Waals surface area contributed by atoms with Gasteiger partial charge in [-0.15, -0.1) is 0 Å². The molecule has 6 nitrogen and oxygen atoms in total. The van der Waals surface area contributed by atoms with Gasteiger partial charge in [-0.1, -0.05) is 24.3 Å². The summed E-state index contributed by atoms with van der Waals surface area (Å²) in [5.74, 6) is 0.807. The number of hydrogen-bond donors (Lipinski definition) is 0. The largest absolute Gasteiger partial charge is 0.487 e. The van der Waals surface area contributed by atoms with E-state index in [9.17, 15) is 13.2 Å². The van der Waals surface area contributed by atoms with Gasteiger partial charge in [0.05, 0.1) is 12.8 Å². The van der Waals surface area contributed by atoms with Gasteiger partial charge in [-0.05, 0) is 24.1 Å². The van der Waals surface area contributed by atoms with Crippen LogP contribution in [-0.2, 0) is 19.8 Å². The molecule has 0 fully saturated rings. The predicted molar refractivity (Wildman–Crippen MR) is 96.2 cm³/mol. The maximum atomic E-state index is 12.8. The van der Waals surface area contributed by atoms with E-state index in [1.165, 1.54) is 17.8 Å². The van der Waals surface area contributed by atoms with Gasteiger partial charge in [0.1, 0.15) is 12.4 Å². The van der Waals surface area contributed by atoms with Crippen molar-refractivity contribution in [2.75, 3.05) is 6.61 Å². The van der Waals surface area contributed by atoms with Crippen LogP contribution >= 0.6 is 11.6 Å². The maximum Gasteiger partial charge on any atom is 0.434 e. The molecule has 0 N–H and O–H groups in total. The monoisotopic (exact) mass is 412 g/mol. The van der Waals surface area contributed by atoms with Gasteiger partial charge < -0.3 is 14.0 Å². The Bertz CT molecular complexity index is 958. The fourth-order valence-corrected chi connectivity index (χ4v) is 2.59. The molecule has 0 bridgehead atoms. The molecule has 0 aliphatic rings. The fraction of sp³-hybridized carbons (Fsp3) is 0.278. The Labute approximate surface area is 163 Å². The molecule has 2 heterocycles. The van der Waals surface area contributed by atoms with Crippen molar-refractivity contribution in [3.05, 3.63) is 53.2 Å². The van der Waals surface area contributed by atoms with Crippen LogP contribution in [0, 0.1) is 0 Å². The number of nitrogens with zero attached hydrogens (tertiary/aromatic N) is 4. The molecular formula is C18H16ClF3N4O2. The standard InChI is InChI=1S/C18H16ClF3N4O2/c1-3-27-13-8-23-17(19)25-16(13)28-10-11-4-6-12(7-5-11)15-24-14(9-26(15)2)18(20,21)22/h4-9H,3,10H2,1-2H3. The first kappa shape index (κ1) is 19.9. The molecular weight excluding hydrogens is 397 g/mol. The molecule has 0 aliphatic heterocycles. The molecule has 3 rings (SSSR count). The number of halogens is 4. The van der Waals surface area contributed by atoms with E-state index in [0.29, 0.717) is 17.9 Å². The van der Waals surface area contributed by atoms with E-state index in [-0.39, 0.29) is 23.6 Å². The molecule has 28 heavy (non-hydrogen) atoms. The first-order chi connectivity index (χ1) is 13.3. The normalized spacial score (nSPS) is 11.5. The van der Waals surface area contributed by atoms with Crippen LogP contribution in [0.1, 0.15) is 18.2 Å². The third-order valence-electron chi connectivity index (χ3n) is 3.75. The molecule has 2 aromatic heterocycles. The van der Waals surface area contributed by atoms with Gasteiger partial charge >= 0.3 is 6.18 Å². The topological polar surface area (TPSA) is 62.1 Å². The zero-order valence-electron chi connectivity index (χ0n) is 15.0. The Balaban J connectivity index is 1.74. The summed E-state index contributed by atoms with van der Waals surface area (Å²) in [5.41, 5.74) is 0.412. The Morgan fingerprint density at radius 3 is 2.43 bits per heavy atom. The van der Waals surface area contributed by atoms with E-state index in [0.717, 1.165) is 11.8 Å². The number of ether oxygens (including phenoxy) is 2. The first-order valence-electron chi connectivity index (χ1n) is 8.26. The first-order valence-corrected chi connectivity index (χ1v) is 8.63. The molecule has 0 saturated heterocycles. The Kier molecular flexibility index (Phi) is 5.73. The van der Waals surface area contributed by atoms with E-state index in [1.54, 1.807) is 24.3 Å². The molecule has 0 saturated carbocycles. The third kappa shape index (κ3) is 4.53. The molecule has 0 unspecified atom stereocenters. The van der Waals surface area contributed by atoms with Crippen molar-refractivity contribution >= 4 is 11.6 Å². The summed E-state index contributed by atoms with van der Waals surface area (Å²) in [5, 5.41) is 0.0315. The van der Waals surface area contributed by atoms with Crippen molar-refractivity contribution in [1.82, 2.24) is 19.5 Å². The number of alkyl halides is 3. The van der Waals surface area contributed by atoms with Crippen LogP contribution in [0.25, 0.3) is 11.4 Å². The molecule has 0 atom stereocenters. The van der Waals surface area contributed by atoms with Crippen LogP contribution in [-0.4, -0.2) is 26.1 Å². The van der Waals surface area contributed by atoms with Crippen LogP contribution in [0.15, 0.2) is 36.7 Å². The summed E-state index contributed by atoms with van der Waals surface area (Å²) in [4.78, 5) is 11.5. The van der Waals surface area contributed by atoms with Gasteiger partial charge in [-0.25, -0.2) is 9.97 Å². The van der Waals surface area contributed by atoms with Crippen molar-refractivity contribution in [2.24, 2.45) is 7.05 Å². The summed E-state index contributed by atoms with van der Waals surface area (Å²) in [6, 6.07) is 6.83. The number of rotatable bonds is 6. The lowest BCUT2D eigenvalue weighted by Gasteiger charge is -2.10. The van der Waals surface area contributed by atoms with Gasteiger partial charge in [0.15, 0.2) is 11.4 Å². The van der Waals surface area contributed by atoms with Gasteiger partial charge in [-0.3, -0.25) is 0 Å². The van der Waals surface area contributed by atoms with Gasteiger partial charge in [-0.2, -0.15) is 18.2 Å². The third-order valence-corrected chi connectivity index (χ3v) is 3.93. The van der Waals surface area contributed by atoms with Crippen molar-refractivity contribution in [3.8, 4) is 23.0 Å². The minimum atomic E-state index is -4.49. The maximum absolute atomic E-state index is 12.8. The smallest absolute Gasteiger partial charge is 0.434 e. The van der Waals surface area contributed by atoms with Crippen LogP contribution in [0.3, 0.4) is 0 Å². The summed E-state index contributed by atoms with van der Waals surface area (Å²) in [7, 11) is 1.52. The number of aryl methyl sites for hydroxylation is 1. The molecule has 0 amide bonds. The molecule has 1 aromatic carbocycles. The quantitative estimate of drug-likeness (QED) is 0.557. The molecule has 0 spiro atoms. The summed E-state index contributed by atoms with van der Waals surface area (Å²) in [6.45, 7) is 2.40. The van der Waals surface area contributed by atoms with E-state index in [4.69, 9.17) is 21.1 Å². The van der Waals surface area contributed by atoms with Crippen LogP contribution < -0.4 is 9.47 Å².